The average Bonchev–Trinajstić information content (AvgIpc) is 2.55. The zero-order valence-electron chi connectivity index (χ0n) is 10.4. The summed E-state index contributed by atoms with van der Waals surface area (Å²) in [5.74, 6) is 0.00329. The Morgan fingerprint density at radius 2 is 1.80 bits per heavy atom. The number of carbonyl (C=O) groups is 1. The van der Waals surface area contributed by atoms with E-state index in [1.807, 2.05) is 36.4 Å². The van der Waals surface area contributed by atoms with E-state index in [-0.39, 0.29) is 11.2 Å². The van der Waals surface area contributed by atoms with E-state index in [4.69, 9.17) is 23.2 Å². The molecule has 1 aliphatic rings. The molecule has 0 saturated carbocycles. The van der Waals surface area contributed by atoms with Gasteiger partial charge in [0, 0.05) is 26.6 Å². The molecular weight excluding hydrogens is 313 g/mol. The average molecular weight is 324 g/mol. The molecular formula is C15H11Cl2NOS. The maximum absolute atomic E-state index is 12.0. The van der Waals surface area contributed by atoms with Crippen molar-refractivity contribution in [2.24, 2.45) is 0 Å². The van der Waals surface area contributed by atoms with Crippen LogP contribution in [0, 0.1) is 0 Å². The fourth-order valence-corrected chi connectivity index (χ4v) is 3.94. The van der Waals surface area contributed by atoms with Crippen LogP contribution >= 0.6 is 35.0 Å². The maximum Gasteiger partial charge on any atom is 0.225 e. The van der Waals surface area contributed by atoms with Gasteiger partial charge in [0.25, 0.3) is 0 Å². The molecule has 0 aromatic heterocycles. The molecule has 0 unspecified atom stereocenters. The molecule has 0 aliphatic carbocycles. The zero-order chi connectivity index (χ0) is 14.1. The molecule has 2 aromatic carbocycles. The Morgan fingerprint density at radius 3 is 2.55 bits per heavy atom. The third kappa shape index (κ3) is 2.95. The standard InChI is InChI=1S/C15H11Cl2NOS/c16-10-5-9(6-11(17)7-10)14-8-15(19)18-12-3-1-2-4-13(12)20-14/h1-7,14H,8H2,(H,18,19)/t14-/m1/s1. The SMILES string of the molecule is O=C1C[C@H](c2cc(Cl)cc(Cl)c2)Sc2ccccc2N1. The largest absolute Gasteiger partial charge is 0.325 e. The highest BCUT2D eigenvalue weighted by Gasteiger charge is 2.23. The first-order valence-corrected chi connectivity index (χ1v) is 7.77. The van der Waals surface area contributed by atoms with Crippen LogP contribution in [-0.4, -0.2) is 5.91 Å². The number of amides is 1. The number of anilines is 1. The zero-order valence-corrected chi connectivity index (χ0v) is 12.7. The van der Waals surface area contributed by atoms with Gasteiger partial charge >= 0.3 is 0 Å². The minimum absolute atomic E-state index is 0.00329. The van der Waals surface area contributed by atoms with Crippen molar-refractivity contribution in [1.82, 2.24) is 0 Å². The summed E-state index contributed by atoms with van der Waals surface area (Å²) in [5, 5.41) is 4.11. The van der Waals surface area contributed by atoms with Crippen LogP contribution < -0.4 is 5.32 Å². The van der Waals surface area contributed by atoms with Gasteiger partial charge in [0.05, 0.1) is 5.69 Å². The predicted octanol–water partition coefficient (Wildman–Crippen LogP) is 5.17. The van der Waals surface area contributed by atoms with E-state index < -0.39 is 0 Å². The quantitative estimate of drug-likeness (QED) is 0.784. The van der Waals surface area contributed by atoms with Crippen molar-refractivity contribution in [1.29, 1.82) is 0 Å². The van der Waals surface area contributed by atoms with Crippen LogP contribution in [0.2, 0.25) is 10.0 Å². The van der Waals surface area contributed by atoms with Crippen LogP contribution in [0.1, 0.15) is 17.2 Å². The lowest BCUT2D eigenvalue weighted by Crippen LogP contribution is -2.11. The van der Waals surface area contributed by atoms with Crippen LogP contribution in [0.25, 0.3) is 0 Å². The number of rotatable bonds is 1. The summed E-state index contributed by atoms with van der Waals surface area (Å²) in [7, 11) is 0. The maximum atomic E-state index is 12.0. The van der Waals surface area contributed by atoms with Gasteiger partial charge < -0.3 is 5.32 Å². The van der Waals surface area contributed by atoms with Crippen molar-refractivity contribution in [2.75, 3.05) is 5.32 Å². The minimum Gasteiger partial charge on any atom is -0.325 e. The summed E-state index contributed by atoms with van der Waals surface area (Å²) in [6, 6.07) is 13.2. The van der Waals surface area contributed by atoms with Crippen LogP contribution in [0.5, 0.6) is 0 Å². The van der Waals surface area contributed by atoms with E-state index >= 15 is 0 Å². The minimum atomic E-state index is 0.00329. The highest BCUT2D eigenvalue weighted by Crippen LogP contribution is 2.44. The number of fused-ring (bicyclic) bond motifs is 1. The number of hydrogen-bond acceptors (Lipinski definition) is 2. The molecule has 1 aliphatic heterocycles. The van der Waals surface area contributed by atoms with Gasteiger partial charge in [-0.15, -0.1) is 11.8 Å². The second kappa shape index (κ2) is 5.68. The van der Waals surface area contributed by atoms with E-state index in [0.29, 0.717) is 16.5 Å². The predicted molar refractivity (Wildman–Crippen MR) is 84.7 cm³/mol. The highest BCUT2D eigenvalue weighted by atomic mass is 35.5. The van der Waals surface area contributed by atoms with Gasteiger partial charge in [0.15, 0.2) is 0 Å². The second-order valence-corrected chi connectivity index (χ2v) is 6.68. The lowest BCUT2D eigenvalue weighted by Gasteiger charge is -2.14. The molecule has 5 heteroatoms. The molecule has 0 fully saturated rings. The van der Waals surface area contributed by atoms with Crippen molar-refractivity contribution in [3.63, 3.8) is 0 Å². The molecule has 1 amide bonds. The van der Waals surface area contributed by atoms with Crippen molar-refractivity contribution in [3.8, 4) is 0 Å². The van der Waals surface area contributed by atoms with Gasteiger partial charge in [-0.1, -0.05) is 35.3 Å². The van der Waals surface area contributed by atoms with Crippen LogP contribution in [0.15, 0.2) is 47.4 Å². The lowest BCUT2D eigenvalue weighted by atomic mass is 10.1. The molecule has 2 aromatic rings. The van der Waals surface area contributed by atoms with Gasteiger partial charge in [0.2, 0.25) is 5.91 Å². The van der Waals surface area contributed by atoms with Gasteiger partial charge in [0.1, 0.15) is 0 Å². The summed E-state index contributed by atoms with van der Waals surface area (Å²) in [5.41, 5.74) is 1.83. The molecule has 1 heterocycles. The summed E-state index contributed by atoms with van der Waals surface area (Å²) in [4.78, 5) is 13.1. The van der Waals surface area contributed by atoms with Gasteiger partial charge in [-0.3, -0.25) is 4.79 Å². The molecule has 20 heavy (non-hydrogen) atoms. The Morgan fingerprint density at radius 1 is 1.10 bits per heavy atom. The fourth-order valence-electron chi connectivity index (χ4n) is 2.18. The highest BCUT2D eigenvalue weighted by molar-refractivity contribution is 7.99. The van der Waals surface area contributed by atoms with Gasteiger partial charge in [-0.25, -0.2) is 0 Å². The van der Waals surface area contributed by atoms with Crippen LogP contribution in [-0.2, 0) is 4.79 Å². The molecule has 3 rings (SSSR count). The molecule has 0 radical (unpaired) electrons. The topological polar surface area (TPSA) is 29.1 Å². The van der Waals surface area contributed by atoms with Crippen molar-refractivity contribution >= 4 is 46.6 Å². The second-order valence-electron chi connectivity index (χ2n) is 4.56. The summed E-state index contributed by atoms with van der Waals surface area (Å²) in [6.45, 7) is 0. The molecule has 0 spiro atoms. The van der Waals surface area contributed by atoms with Crippen molar-refractivity contribution in [2.45, 2.75) is 16.6 Å². The smallest absolute Gasteiger partial charge is 0.225 e. The number of hydrogen-bond donors (Lipinski definition) is 1. The Bertz CT molecular complexity index is 654. The monoisotopic (exact) mass is 323 g/mol. The Labute approximate surface area is 131 Å². The number of nitrogens with one attached hydrogen (secondary N) is 1. The number of benzene rings is 2. The Kier molecular flexibility index (Phi) is 3.92. The third-order valence-electron chi connectivity index (χ3n) is 3.06. The molecule has 1 atom stereocenters. The Hall–Kier alpha value is -1.16. The molecule has 0 bridgehead atoms. The van der Waals surface area contributed by atoms with E-state index in [2.05, 4.69) is 5.32 Å². The molecule has 1 N–H and O–H groups in total. The number of para-hydroxylation sites is 1. The summed E-state index contributed by atoms with van der Waals surface area (Å²) >= 11 is 13.8. The summed E-state index contributed by atoms with van der Waals surface area (Å²) < 4.78 is 0. The van der Waals surface area contributed by atoms with Gasteiger partial charge in [-0.05, 0) is 35.9 Å². The molecule has 2 nitrogen and oxygen atoms in total. The van der Waals surface area contributed by atoms with E-state index in [0.717, 1.165) is 16.1 Å². The number of halogens is 2. The first-order chi connectivity index (χ1) is 9.61. The van der Waals surface area contributed by atoms with Crippen molar-refractivity contribution in [3.05, 3.63) is 58.1 Å². The van der Waals surface area contributed by atoms with E-state index in [1.54, 1.807) is 17.8 Å². The molecule has 0 saturated heterocycles. The molecule has 102 valence electrons. The summed E-state index contributed by atoms with van der Waals surface area (Å²) in [6.07, 6.45) is 0.399. The normalized spacial score (nSPS) is 18.1. The Balaban J connectivity index is 2.00. The fraction of sp³-hybridized carbons (Fsp3) is 0.133. The first kappa shape index (κ1) is 13.8. The van der Waals surface area contributed by atoms with Crippen LogP contribution in [0.4, 0.5) is 5.69 Å². The van der Waals surface area contributed by atoms with E-state index in [9.17, 15) is 4.79 Å². The van der Waals surface area contributed by atoms with Crippen molar-refractivity contribution < 1.29 is 4.79 Å². The van der Waals surface area contributed by atoms with E-state index in [1.165, 1.54) is 0 Å². The van der Waals surface area contributed by atoms with Gasteiger partial charge in [-0.2, -0.15) is 0 Å². The number of carbonyl (C=O) groups excluding carboxylic acids is 1. The number of thioether (sulfide) groups is 1. The lowest BCUT2D eigenvalue weighted by molar-refractivity contribution is -0.116. The first-order valence-electron chi connectivity index (χ1n) is 6.13. The van der Waals surface area contributed by atoms with Crippen LogP contribution in [0.3, 0.4) is 0 Å². The third-order valence-corrected chi connectivity index (χ3v) is 4.83.